The summed E-state index contributed by atoms with van der Waals surface area (Å²) in [4.78, 5) is 9.36. The van der Waals surface area contributed by atoms with E-state index in [-0.39, 0.29) is 17.9 Å². The highest BCUT2D eigenvalue weighted by Gasteiger charge is 2.36. The molecule has 1 aromatic heterocycles. The van der Waals surface area contributed by atoms with Crippen LogP contribution < -0.4 is 4.74 Å². The molecule has 0 saturated carbocycles. The molecule has 5 nitrogen and oxygen atoms in total. The number of phenols is 1. The molecular formula is C26H20N2O3. The third-order valence-corrected chi connectivity index (χ3v) is 5.92. The lowest BCUT2D eigenvalue weighted by molar-refractivity contribution is 0.174. The smallest absolute Gasteiger partial charge is 0.219 e. The Morgan fingerprint density at radius 1 is 0.935 bits per heavy atom. The number of benzene rings is 3. The molecule has 1 aliphatic carbocycles. The van der Waals surface area contributed by atoms with Crippen LogP contribution >= 0.6 is 0 Å². The van der Waals surface area contributed by atoms with Crippen LogP contribution in [0.25, 0.3) is 10.9 Å². The number of hydrogen-bond donors (Lipinski definition) is 1. The molecule has 5 heteroatoms. The van der Waals surface area contributed by atoms with E-state index in [0.29, 0.717) is 23.0 Å². The van der Waals surface area contributed by atoms with Gasteiger partial charge < -0.3 is 14.6 Å². The van der Waals surface area contributed by atoms with Crippen molar-refractivity contribution in [2.45, 2.75) is 25.0 Å². The van der Waals surface area contributed by atoms with Crippen LogP contribution in [0.4, 0.5) is 0 Å². The van der Waals surface area contributed by atoms with Crippen molar-refractivity contribution in [1.29, 1.82) is 0 Å². The Morgan fingerprint density at radius 3 is 2.81 bits per heavy atom. The third-order valence-electron chi connectivity index (χ3n) is 5.92. The molecule has 0 saturated heterocycles. The van der Waals surface area contributed by atoms with Crippen LogP contribution in [0.1, 0.15) is 29.2 Å². The van der Waals surface area contributed by atoms with Gasteiger partial charge in [0.2, 0.25) is 11.8 Å². The van der Waals surface area contributed by atoms with E-state index in [0.717, 1.165) is 23.8 Å². The zero-order chi connectivity index (χ0) is 20.8. The Morgan fingerprint density at radius 2 is 1.84 bits per heavy atom. The van der Waals surface area contributed by atoms with Crippen LogP contribution in [0.2, 0.25) is 0 Å². The van der Waals surface area contributed by atoms with Crippen molar-refractivity contribution in [2.24, 2.45) is 4.99 Å². The van der Waals surface area contributed by atoms with Crippen LogP contribution in [0.15, 0.2) is 83.9 Å². The van der Waals surface area contributed by atoms with Gasteiger partial charge in [-0.25, -0.2) is 9.98 Å². The minimum absolute atomic E-state index is 0.0506. The average molecular weight is 408 g/mol. The number of fused-ring (bicyclic) bond motifs is 4. The van der Waals surface area contributed by atoms with E-state index in [9.17, 15) is 5.11 Å². The summed E-state index contributed by atoms with van der Waals surface area (Å²) in [5.74, 6) is 1.85. The summed E-state index contributed by atoms with van der Waals surface area (Å²) in [7, 11) is 0. The number of para-hydroxylation sites is 1. The van der Waals surface area contributed by atoms with Crippen molar-refractivity contribution in [3.05, 3.63) is 95.6 Å². The molecule has 4 aromatic rings. The Hall–Kier alpha value is -3.86. The molecule has 0 spiro atoms. The van der Waals surface area contributed by atoms with E-state index in [1.807, 2.05) is 36.4 Å². The molecule has 2 heterocycles. The highest BCUT2D eigenvalue weighted by atomic mass is 16.5. The van der Waals surface area contributed by atoms with Crippen molar-refractivity contribution in [3.8, 4) is 17.4 Å². The minimum Gasteiger partial charge on any atom is -0.506 e. The van der Waals surface area contributed by atoms with E-state index < -0.39 is 0 Å². The van der Waals surface area contributed by atoms with Gasteiger partial charge in [0.05, 0.1) is 0 Å². The number of rotatable bonds is 3. The lowest BCUT2D eigenvalue weighted by atomic mass is 9.86. The number of hydrogen-bond acceptors (Lipinski definition) is 5. The monoisotopic (exact) mass is 408 g/mol. The molecule has 1 N–H and O–H groups in total. The van der Waals surface area contributed by atoms with Crippen molar-refractivity contribution < 1.29 is 14.6 Å². The summed E-state index contributed by atoms with van der Waals surface area (Å²) < 4.78 is 12.2. The number of phenolic OH excluding ortho intramolecular Hbond substituents is 1. The standard InChI is InChI=1S/C26H20N2O3/c29-21-10-4-6-17-12-14-23(27-24(17)21)30-19-8-3-7-18(15-19)26-28-25-20-9-2-1-5-16(20)11-13-22(25)31-26/h1-10,12,14-15,22,25,29H,11,13H2/t22-,25-/m0/s1. The first-order valence-electron chi connectivity index (χ1n) is 10.4. The molecule has 0 unspecified atom stereocenters. The normalized spacial score (nSPS) is 19.3. The second-order valence-electron chi connectivity index (χ2n) is 7.90. The van der Waals surface area contributed by atoms with Crippen molar-refractivity contribution in [2.75, 3.05) is 0 Å². The molecule has 0 radical (unpaired) electrons. The predicted octanol–water partition coefficient (Wildman–Crippen LogP) is 5.57. The fourth-order valence-corrected chi connectivity index (χ4v) is 4.41. The fourth-order valence-electron chi connectivity index (χ4n) is 4.41. The van der Waals surface area contributed by atoms with Gasteiger partial charge in [-0.1, -0.05) is 42.5 Å². The van der Waals surface area contributed by atoms with Gasteiger partial charge in [-0.15, -0.1) is 0 Å². The van der Waals surface area contributed by atoms with E-state index in [4.69, 9.17) is 14.5 Å². The summed E-state index contributed by atoms with van der Waals surface area (Å²) in [6, 6.07) is 25.2. The topological polar surface area (TPSA) is 63.9 Å². The van der Waals surface area contributed by atoms with Crippen LogP contribution in [0.3, 0.4) is 0 Å². The first kappa shape index (κ1) is 18.0. The van der Waals surface area contributed by atoms with Crippen LogP contribution in [-0.4, -0.2) is 22.1 Å². The van der Waals surface area contributed by atoms with Gasteiger partial charge in [-0.2, -0.15) is 0 Å². The number of pyridine rings is 1. The Bertz CT molecular complexity index is 1330. The number of aryl methyl sites for hydroxylation is 1. The number of aliphatic imine (C=N–C) groups is 1. The molecule has 2 aliphatic rings. The molecule has 31 heavy (non-hydrogen) atoms. The second-order valence-corrected chi connectivity index (χ2v) is 7.90. The fraction of sp³-hybridized carbons (Fsp3) is 0.154. The molecule has 6 rings (SSSR count). The Labute approximate surface area is 179 Å². The van der Waals surface area contributed by atoms with Crippen LogP contribution in [-0.2, 0) is 11.2 Å². The van der Waals surface area contributed by atoms with Gasteiger partial charge in [0, 0.05) is 17.0 Å². The minimum atomic E-state index is 0.0506. The lowest BCUT2D eigenvalue weighted by Gasteiger charge is -2.25. The SMILES string of the molecule is Oc1cccc2ccc(Oc3cccc(C4=N[C@H]5c6ccccc6CC[C@@H]5O4)c3)nc12. The zero-order valence-corrected chi connectivity index (χ0v) is 16.7. The number of ether oxygens (including phenoxy) is 2. The van der Waals surface area contributed by atoms with Crippen molar-refractivity contribution in [3.63, 3.8) is 0 Å². The highest BCUT2D eigenvalue weighted by Crippen LogP contribution is 2.39. The van der Waals surface area contributed by atoms with Crippen LogP contribution in [0, 0.1) is 0 Å². The third kappa shape index (κ3) is 3.19. The van der Waals surface area contributed by atoms with Gasteiger partial charge in [0.15, 0.2) is 0 Å². The van der Waals surface area contributed by atoms with Crippen LogP contribution in [0.5, 0.6) is 17.4 Å². The number of nitrogens with zero attached hydrogens (tertiary/aromatic N) is 2. The van der Waals surface area contributed by atoms with E-state index >= 15 is 0 Å². The van der Waals surface area contributed by atoms with Crippen molar-refractivity contribution in [1.82, 2.24) is 4.98 Å². The van der Waals surface area contributed by atoms with E-state index in [1.54, 1.807) is 18.2 Å². The summed E-state index contributed by atoms with van der Waals surface area (Å²) in [5, 5.41) is 10.9. The first-order chi connectivity index (χ1) is 15.2. The summed E-state index contributed by atoms with van der Waals surface area (Å²) in [6.07, 6.45) is 2.07. The predicted molar refractivity (Wildman–Crippen MR) is 119 cm³/mol. The van der Waals surface area contributed by atoms with Gasteiger partial charge in [0.1, 0.15) is 29.2 Å². The molecule has 0 bridgehead atoms. The van der Waals surface area contributed by atoms with Gasteiger partial charge >= 0.3 is 0 Å². The lowest BCUT2D eigenvalue weighted by Crippen LogP contribution is -2.23. The largest absolute Gasteiger partial charge is 0.506 e. The van der Waals surface area contributed by atoms with Gasteiger partial charge in [-0.05, 0) is 54.3 Å². The van der Waals surface area contributed by atoms with Crippen molar-refractivity contribution >= 4 is 16.8 Å². The van der Waals surface area contributed by atoms with Gasteiger partial charge in [0.25, 0.3) is 0 Å². The quantitative estimate of drug-likeness (QED) is 0.482. The zero-order valence-electron chi connectivity index (χ0n) is 16.7. The maximum Gasteiger partial charge on any atom is 0.219 e. The molecule has 152 valence electrons. The molecule has 0 fully saturated rings. The van der Waals surface area contributed by atoms with E-state index in [1.165, 1.54) is 11.1 Å². The molecule has 0 amide bonds. The summed E-state index contributed by atoms with van der Waals surface area (Å²) in [6.45, 7) is 0. The summed E-state index contributed by atoms with van der Waals surface area (Å²) >= 11 is 0. The van der Waals surface area contributed by atoms with E-state index in [2.05, 4.69) is 29.2 Å². The first-order valence-corrected chi connectivity index (χ1v) is 10.4. The molecular weight excluding hydrogens is 388 g/mol. The number of aromatic hydroxyl groups is 1. The highest BCUT2D eigenvalue weighted by molar-refractivity contribution is 5.96. The average Bonchev–Trinajstić information content (AvgIpc) is 3.25. The maximum absolute atomic E-state index is 10.1. The molecule has 1 aliphatic heterocycles. The molecule has 2 atom stereocenters. The number of aromatic nitrogens is 1. The maximum atomic E-state index is 10.1. The summed E-state index contributed by atoms with van der Waals surface area (Å²) in [5.41, 5.74) is 4.02. The Kier molecular flexibility index (Phi) is 4.13. The molecule has 3 aromatic carbocycles. The Balaban J connectivity index is 1.29. The van der Waals surface area contributed by atoms with Gasteiger partial charge in [-0.3, -0.25) is 0 Å². The second kappa shape index (κ2) is 7.13.